The van der Waals surface area contributed by atoms with Crippen LogP contribution in [0, 0.1) is 5.41 Å². The van der Waals surface area contributed by atoms with Crippen molar-refractivity contribution >= 4 is 42.9 Å². The third-order valence-electron chi connectivity index (χ3n) is 4.10. The van der Waals surface area contributed by atoms with Gasteiger partial charge in [-0.2, -0.15) is 0 Å². The summed E-state index contributed by atoms with van der Waals surface area (Å²) in [7, 11) is 0. The van der Waals surface area contributed by atoms with Gasteiger partial charge in [0.15, 0.2) is 0 Å². The van der Waals surface area contributed by atoms with Gasteiger partial charge in [-0.1, -0.05) is 60.7 Å². The molecule has 116 valence electrons. The summed E-state index contributed by atoms with van der Waals surface area (Å²) in [5.41, 5.74) is 8.98. The summed E-state index contributed by atoms with van der Waals surface area (Å²) >= 11 is 1.76. The lowest BCUT2D eigenvalue weighted by molar-refractivity contribution is 1.48. The molecule has 2 nitrogen and oxygen atoms in total. The predicted octanol–water partition coefficient (Wildman–Crippen LogP) is 5.42. The molecule has 4 rings (SSSR count). The van der Waals surface area contributed by atoms with Gasteiger partial charge in [0, 0.05) is 31.4 Å². The monoisotopic (exact) mass is 328 g/mol. The molecular weight excluding hydrogens is 312 g/mol. The smallest absolute Gasteiger partial charge is 0.0633 e. The van der Waals surface area contributed by atoms with Crippen molar-refractivity contribution < 1.29 is 0 Å². The van der Waals surface area contributed by atoms with Crippen LogP contribution in [0.25, 0.3) is 25.9 Å². The third-order valence-corrected chi connectivity index (χ3v) is 5.23. The molecule has 1 heterocycles. The maximum absolute atomic E-state index is 8.37. The van der Waals surface area contributed by atoms with Crippen LogP contribution in [-0.2, 0) is 0 Å². The first kappa shape index (κ1) is 14.7. The minimum atomic E-state index is 0.427. The minimum absolute atomic E-state index is 0.427. The van der Waals surface area contributed by atoms with Gasteiger partial charge >= 0.3 is 0 Å². The number of hydrogen-bond acceptors (Lipinski definition) is 3. The van der Waals surface area contributed by atoms with Gasteiger partial charge in [0.25, 0.3) is 0 Å². The van der Waals surface area contributed by atoms with E-state index in [2.05, 4.69) is 36.4 Å². The Bertz CT molecular complexity index is 1070. The Balaban J connectivity index is 1.73. The maximum Gasteiger partial charge on any atom is 0.0633 e. The first-order valence-electron chi connectivity index (χ1n) is 7.75. The lowest BCUT2D eigenvalue weighted by Gasteiger charge is -2.04. The lowest BCUT2D eigenvalue weighted by Crippen LogP contribution is -2.02. The number of thiophene rings is 1. The predicted molar refractivity (Wildman–Crippen MR) is 105 cm³/mol. The fourth-order valence-corrected chi connectivity index (χ4v) is 3.99. The average molecular weight is 328 g/mol. The third kappa shape index (κ3) is 2.59. The molecule has 0 saturated heterocycles. The number of benzene rings is 3. The maximum atomic E-state index is 8.37. The first-order chi connectivity index (χ1) is 11.7. The molecule has 24 heavy (non-hydrogen) atoms. The first-order valence-corrected chi connectivity index (χ1v) is 8.57. The van der Waals surface area contributed by atoms with Crippen LogP contribution in [0.4, 0.5) is 0 Å². The second-order valence-corrected chi connectivity index (χ2v) is 6.77. The highest BCUT2D eigenvalue weighted by atomic mass is 32.1. The molecule has 0 atom stereocenters. The highest BCUT2D eigenvalue weighted by molar-refractivity contribution is 7.25. The van der Waals surface area contributed by atoms with Crippen LogP contribution in [0.15, 0.2) is 78.9 Å². The highest BCUT2D eigenvalue weighted by Gasteiger charge is 2.07. The molecule has 3 heteroatoms. The molecule has 0 fully saturated rings. The van der Waals surface area contributed by atoms with Gasteiger partial charge in [-0.3, -0.25) is 0 Å². The van der Waals surface area contributed by atoms with Crippen LogP contribution in [0.1, 0.15) is 11.1 Å². The van der Waals surface area contributed by atoms with Gasteiger partial charge < -0.3 is 11.1 Å². The van der Waals surface area contributed by atoms with E-state index in [0.29, 0.717) is 11.4 Å². The van der Waals surface area contributed by atoms with Crippen molar-refractivity contribution in [2.75, 3.05) is 0 Å². The van der Waals surface area contributed by atoms with E-state index < -0.39 is 0 Å². The minimum Gasteiger partial charge on any atom is -0.398 e. The number of allylic oxidation sites excluding steroid dienone is 1. The summed E-state index contributed by atoms with van der Waals surface area (Å²) in [6.45, 7) is 0. The van der Waals surface area contributed by atoms with Crippen molar-refractivity contribution in [3.05, 3.63) is 90.0 Å². The molecule has 3 aromatic carbocycles. The molecular formula is C21H16N2S. The molecule has 0 spiro atoms. The van der Waals surface area contributed by atoms with E-state index in [-0.39, 0.29) is 0 Å². The van der Waals surface area contributed by atoms with Crippen LogP contribution in [0.3, 0.4) is 0 Å². The lowest BCUT2D eigenvalue weighted by atomic mass is 10.0. The summed E-state index contributed by atoms with van der Waals surface area (Å²) in [6, 6.07) is 24.3. The van der Waals surface area contributed by atoms with Crippen molar-refractivity contribution in [3.63, 3.8) is 0 Å². The number of hydrogen-bond donors (Lipinski definition) is 2. The largest absolute Gasteiger partial charge is 0.398 e. The quantitative estimate of drug-likeness (QED) is 0.485. The van der Waals surface area contributed by atoms with E-state index >= 15 is 0 Å². The number of fused-ring (bicyclic) bond motifs is 3. The van der Waals surface area contributed by atoms with Gasteiger partial charge in [-0.25, -0.2) is 0 Å². The summed E-state index contributed by atoms with van der Waals surface area (Å²) in [6.07, 6.45) is 1.73. The second-order valence-electron chi connectivity index (χ2n) is 5.69. The fourth-order valence-electron chi connectivity index (χ4n) is 2.85. The Morgan fingerprint density at radius 2 is 1.50 bits per heavy atom. The van der Waals surface area contributed by atoms with Crippen molar-refractivity contribution in [2.24, 2.45) is 5.73 Å². The Labute approximate surface area is 144 Å². The van der Waals surface area contributed by atoms with Crippen LogP contribution in [0.5, 0.6) is 0 Å². The number of nitrogens with two attached hydrogens (primary N) is 1. The van der Waals surface area contributed by atoms with E-state index in [0.717, 1.165) is 11.1 Å². The summed E-state index contributed by atoms with van der Waals surface area (Å²) < 4.78 is 2.47. The van der Waals surface area contributed by atoms with Crippen LogP contribution < -0.4 is 5.73 Å². The second kappa shape index (κ2) is 5.95. The van der Waals surface area contributed by atoms with Crippen molar-refractivity contribution in [2.45, 2.75) is 0 Å². The van der Waals surface area contributed by atoms with Crippen molar-refractivity contribution in [1.82, 2.24) is 0 Å². The van der Waals surface area contributed by atoms with Crippen molar-refractivity contribution in [3.8, 4) is 0 Å². The van der Waals surface area contributed by atoms with Crippen LogP contribution >= 0.6 is 11.3 Å². The normalized spacial score (nSPS) is 11.9. The molecule has 1 aromatic heterocycles. The molecule has 0 aliphatic rings. The molecule has 3 N–H and O–H groups in total. The Hall–Kier alpha value is -2.91. The van der Waals surface area contributed by atoms with Crippen LogP contribution in [-0.4, -0.2) is 5.71 Å². The zero-order valence-electron chi connectivity index (χ0n) is 13.0. The molecule has 4 aromatic rings. The standard InChI is InChI=1S/C21H16N2S/c22-18(14-6-2-1-3-7-14)13-19(23)15-10-11-17-16-8-4-5-9-20(16)24-21(17)12-15/h1-13,23H,22H2/b18-13-,23-19?. The molecule has 0 saturated carbocycles. The summed E-state index contributed by atoms with van der Waals surface area (Å²) in [4.78, 5) is 0. The highest BCUT2D eigenvalue weighted by Crippen LogP contribution is 2.34. The zero-order valence-corrected chi connectivity index (χ0v) is 13.8. The molecule has 0 bridgehead atoms. The van der Waals surface area contributed by atoms with E-state index in [1.807, 2.05) is 36.4 Å². The van der Waals surface area contributed by atoms with E-state index in [9.17, 15) is 0 Å². The Morgan fingerprint density at radius 3 is 2.33 bits per heavy atom. The van der Waals surface area contributed by atoms with Crippen LogP contribution in [0.2, 0.25) is 0 Å². The van der Waals surface area contributed by atoms with Gasteiger partial charge in [-0.15, -0.1) is 11.3 Å². The Kier molecular flexibility index (Phi) is 3.63. The summed E-state index contributed by atoms with van der Waals surface area (Å²) in [5.74, 6) is 0. The molecule has 0 amide bonds. The topological polar surface area (TPSA) is 49.9 Å². The van der Waals surface area contributed by atoms with Gasteiger partial charge in [0.05, 0.1) is 5.71 Å². The SMILES string of the molecule is N=C(/C=C(\N)c1ccccc1)c1ccc2c(c1)sc1ccccc12. The fraction of sp³-hybridized carbons (Fsp3) is 0. The van der Waals surface area contributed by atoms with Gasteiger partial charge in [-0.05, 0) is 23.8 Å². The van der Waals surface area contributed by atoms with E-state index in [1.54, 1.807) is 17.4 Å². The van der Waals surface area contributed by atoms with E-state index in [4.69, 9.17) is 11.1 Å². The molecule has 0 radical (unpaired) electrons. The van der Waals surface area contributed by atoms with E-state index in [1.165, 1.54) is 20.2 Å². The zero-order chi connectivity index (χ0) is 16.5. The average Bonchev–Trinajstić information content (AvgIpc) is 3.00. The summed E-state index contributed by atoms with van der Waals surface area (Å²) in [5, 5.41) is 10.9. The molecule has 0 unspecified atom stereocenters. The Morgan fingerprint density at radius 1 is 0.792 bits per heavy atom. The van der Waals surface area contributed by atoms with Gasteiger partial charge in [0.2, 0.25) is 0 Å². The molecule has 0 aliphatic heterocycles. The number of nitrogens with one attached hydrogen (secondary N) is 1. The molecule has 0 aliphatic carbocycles. The van der Waals surface area contributed by atoms with Crippen molar-refractivity contribution in [1.29, 1.82) is 5.41 Å². The van der Waals surface area contributed by atoms with Gasteiger partial charge in [0.1, 0.15) is 0 Å². The number of rotatable bonds is 3.